The quantitative estimate of drug-likeness (QED) is 0.584. The Labute approximate surface area is 171 Å². The molecule has 0 heterocycles. The van der Waals surface area contributed by atoms with Gasteiger partial charge in [-0.3, -0.25) is 9.59 Å². The van der Waals surface area contributed by atoms with E-state index in [0.717, 1.165) is 0 Å². The molecule has 0 bridgehead atoms. The summed E-state index contributed by atoms with van der Waals surface area (Å²) in [6.07, 6.45) is 0. The molecule has 8 heteroatoms. The number of nitrogens with one attached hydrogen (secondary N) is 2. The van der Waals surface area contributed by atoms with Crippen molar-refractivity contribution in [3.63, 3.8) is 0 Å². The predicted octanol–water partition coefficient (Wildman–Crippen LogP) is 4.80. The summed E-state index contributed by atoms with van der Waals surface area (Å²) >= 11 is 0. The summed E-state index contributed by atoms with van der Waals surface area (Å²) in [6, 6.07) is 18.6. The van der Waals surface area contributed by atoms with Crippen molar-refractivity contribution in [1.29, 1.82) is 0 Å². The van der Waals surface area contributed by atoms with Crippen LogP contribution < -0.4 is 20.1 Å². The van der Waals surface area contributed by atoms with E-state index in [0.29, 0.717) is 17.1 Å². The molecule has 0 spiro atoms. The van der Waals surface area contributed by atoms with E-state index in [2.05, 4.69) is 15.4 Å². The topological polar surface area (TPSA) is 76.7 Å². The van der Waals surface area contributed by atoms with E-state index in [4.69, 9.17) is 4.74 Å². The summed E-state index contributed by atoms with van der Waals surface area (Å²) in [4.78, 5) is 25.2. The number of para-hydroxylation sites is 1. The Morgan fingerprint density at radius 3 is 2.27 bits per heavy atom. The minimum atomic E-state index is -2.94. The predicted molar refractivity (Wildman–Crippen MR) is 108 cm³/mol. The molecule has 0 aliphatic rings. The summed E-state index contributed by atoms with van der Waals surface area (Å²) < 4.78 is 33.9. The van der Waals surface area contributed by atoms with Crippen molar-refractivity contribution in [2.45, 2.75) is 6.61 Å². The molecule has 0 unspecified atom stereocenters. The largest absolute Gasteiger partial charge is 0.497 e. The van der Waals surface area contributed by atoms with Crippen molar-refractivity contribution in [1.82, 2.24) is 0 Å². The number of carbonyl (C=O) groups is 2. The van der Waals surface area contributed by atoms with Gasteiger partial charge in [0, 0.05) is 17.3 Å². The number of hydrogen-bond acceptors (Lipinski definition) is 4. The highest BCUT2D eigenvalue weighted by Crippen LogP contribution is 2.22. The van der Waals surface area contributed by atoms with E-state index in [1.54, 1.807) is 48.5 Å². The van der Waals surface area contributed by atoms with Crippen molar-refractivity contribution in [2.24, 2.45) is 0 Å². The van der Waals surface area contributed by atoms with Gasteiger partial charge in [0.1, 0.15) is 11.5 Å². The lowest BCUT2D eigenvalue weighted by molar-refractivity contribution is -0.0498. The summed E-state index contributed by atoms with van der Waals surface area (Å²) in [6.45, 7) is -2.94. The molecule has 0 saturated heterocycles. The lowest BCUT2D eigenvalue weighted by atomic mass is 10.1. The zero-order valence-electron chi connectivity index (χ0n) is 15.9. The van der Waals surface area contributed by atoms with Crippen LogP contribution >= 0.6 is 0 Å². The lowest BCUT2D eigenvalue weighted by Crippen LogP contribution is -2.18. The van der Waals surface area contributed by atoms with Gasteiger partial charge in [0.05, 0.1) is 18.4 Å². The molecule has 30 heavy (non-hydrogen) atoms. The number of benzene rings is 3. The number of amides is 2. The van der Waals surface area contributed by atoms with E-state index in [1.807, 2.05) is 0 Å². The van der Waals surface area contributed by atoms with Crippen molar-refractivity contribution in [3.05, 3.63) is 83.9 Å². The SMILES string of the molecule is COc1cccc(NC(=O)c2ccccc2NC(=O)c2ccc(OC(F)F)cc2)c1. The number of alkyl halides is 2. The summed E-state index contributed by atoms with van der Waals surface area (Å²) in [5.41, 5.74) is 1.32. The average Bonchev–Trinajstić information content (AvgIpc) is 2.74. The first-order valence-corrected chi connectivity index (χ1v) is 8.87. The molecule has 0 aromatic heterocycles. The molecule has 3 aromatic rings. The van der Waals surface area contributed by atoms with Crippen LogP contribution in [0.2, 0.25) is 0 Å². The van der Waals surface area contributed by atoms with Gasteiger partial charge in [0.25, 0.3) is 11.8 Å². The average molecular weight is 412 g/mol. The van der Waals surface area contributed by atoms with Crippen molar-refractivity contribution in [2.75, 3.05) is 17.7 Å². The van der Waals surface area contributed by atoms with Crippen LogP contribution in [0.15, 0.2) is 72.8 Å². The Kier molecular flexibility index (Phi) is 6.59. The van der Waals surface area contributed by atoms with E-state index in [9.17, 15) is 18.4 Å². The fourth-order valence-electron chi connectivity index (χ4n) is 2.67. The third kappa shape index (κ3) is 5.32. The minimum absolute atomic E-state index is 0.0559. The molecule has 0 saturated carbocycles. The van der Waals surface area contributed by atoms with Crippen LogP contribution in [-0.4, -0.2) is 25.5 Å². The van der Waals surface area contributed by atoms with Gasteiger partial charge in [-0.05, 0) is 48.5 Å². The fraction of sp³-hybridized carbons (Fsp3) is 0.0909. The van der Waals surface area contributed by atoms with Crippen LogP contribution in [0.1, 0.15) is 20.7 Å². The van der Waals surface area contributed by atoms with E-state index in [-0.39, 0.29) is 16.9 Å². The number of carbonyl (C=O) groups excluding carboxylic acids is 2. The van der Waals surface area contributed by atoms with Gasteiger partial charge in [0.2, 0.25) is 0 Å². The van der Waals surface area contributed by atoms with Gasteiger partial charge < -0.3 is 20.1 Å². The second-order valence-electron chi connectivity index (χ2n) is 6.09. The number of rotatable bonds is 7. The minimum Gasteiger partial charge on any atom is -0.497 e. The maximum absolute atomic E-state index is 12.7. The molecule has 3 rings (SSSR count). The molecule has 154 valence electrons. The molecule has 6 nitrogen and oxygen atoms in total. The first-order valence-electron chi connectivity index (χ1n) is 8.87. The summed E-state index contributed by atoms with van der Waals surface area (Å²) in [5, 5.41) is 5.42. The van der Waals surface area contributed by atoms with Crippen LogP contribution in [-0.2, 0) is 0 Å². The fourth-order valence-corrected chi connectivity index (χ4v) is 2.67. The Morgan fingerprint density at radius 2 is 1.57 bits per heavy atom. The van der Waals surface area contributed by atoms with Gasteiger partial charge in [-0.15, -0.1) is 0 Å². The van der Waals surface area contributed by atoms with Gasteiger partial charge in [-0.25, -0.2) is 0 Å². The number of anilines is 2. The van der Waals surface area contributed by atoms with Crippen LogP contribution in [0, 0.1) is 0 Å². The van der Waals surface area contributed by atoms with Gasteiger partial charge >= 0.3 is 6.61 Å². The van der Waals surface area contributed by atoms with E-state index in [1.165, 1.54) is 31.4 Å². The molecule has 2 amide bonds. The summed E-state index contributed by atoms with van der Waals surface area (Å²) in [7, 11) is 1.53. The lowest BCUT2D eigenvalue weighted by Gasteiger charge is -2.12. The standard InChI is InChI=1S/C22H18F2N2O4/c1-29-17-6-4-5-15(13-17)25-21(28)18-7-2-3-8-19(18)26-20(27)14-9-11-16(12-10-14)30-22(23)24/h2-13,22H,1H3,(H,25,28)(H,26,27). The van der Waals surface area contributed by atoms with Crippen molar-refractivity contribution < 1.29 is 27.8 Å². The molecule has 0 aliphatic carbocycles. The highest BCUT2D eigenvalue weighted by Gasteiger charge is 2.15. The van der Waals surface area contributed by atoms with Crippen molar-refractivity contribution in [3.8, 4) is 11.5 Å². The third-order valence-electron chi connectivity index (χ3n) is 4.09. The number of hydrogen-bond donors (Lipinski definition) is 2. The number of ether oxygens (including phenoxy) is 2. The van der Waals surface area contributed by atoms with Gasteiger partial charge in [-0.1, -0.05) is 18.2 Å². The molecule has 0 radical (unpaired) electrons. The summed E-state index contributed by atoms with van der Waals surface area (Å²) in [5.74, 6) is -0.381. The number of methoxy groups -OCH3 is 1. The maximum Gasteiger partial charge on any atom is 0.387 e. The van der Waals surface area contributed by atoms with E-state index < -0.39 is 18.4 Å². The highest BCUT2D eigenvalue weighted by atomic mass is 19.3. The molecule has 0 aliphatic heterocycles. The first-order chi connectivity index (χ1) is 14.5. The van der Waals surface area contributed by atoms with E-state index >= 15 is 0 Å². The Bertz CT molecular complexity index is 1040. The molecule has 0 atom stereocenters. The molecular formula is C22H18F2N2O4. The Balaban J connectivity index is 1.74. The van der Waals surface area contributed by atoms with Gasteiger partial charge in [-0.2, -0.15) is 8.78 Å². The zero-order chi connectivity index (χ0) is 21.5. The highest BCUT2D eigenvalue weighted by molar-refractivity contribution is 6.12. The normalized spacial score (nSPS) is 10.4. The number of halogens is 2. The smallest absolute Gasteiger partial charge is 0.387 e. The zero-order valence-corrected chi connectivity index (χ0v) is 15.9. The van der Waals surface area contributed by atoms with Crippen molar-refractivity contribution >= 4 is 23.2 Å². The van der Waals surface area contributed by atoms with Crippen LogP contribution in [0.3, 0.4) is 0 Å². The van der Waals surface area contributed by atoms with Gasteiger partial charge in [0.15, 0.2) is 0 Å². The second-order valence-corrected chi connectivity index (χ2v) is 6.09. The molecule has 0 fully saturated rings. The van der Waals surface area contributed by atoms with Crippen LogP contribution in [0.25, 0.3) is 0 Å². The Hall–Kier alpha value is -3.94. The van der Waals surface area contributed by atoms with Crippen LogP contribution in [0.4, 0.5) is 20.2 Å². The first kappa shape index (κ1) is 20.8. The monoisotopic (exact) mass is 412 g/mol. The molecule has 2 N–H and O–H groups in total. The molecular weight excluding hydrogens is 394 g/mol. The third-order valence-corrected chi connectivity index (χ3v) is 4.09. The van der Waals surface area contributed by atoms with Crippen LogP contribution in [0.5, 0.6) is 11.5 Å². The Morgan fingerprint density at radius 1 is 0.833 bits per heavy atom. The molecule has 3 aromatic carbocycles. The maximum atomic E-state index is 12.7. The second kappa shape index (κ2) is 9.51.